The number of nitrogens with zero attached hydrogens (tertiary/aromatic N) is 2. The highest BCUT2D eigenvalue weighted by molar-refractivity contribution is 7.99. The summed E-state index contributed by atoms with van der Waals surface area (Å²) < 4.78 is 43.0. The fraction of sp³-hybridized carbons (Fsp3) is 0.368. The van der Waals surface area contributed by atoms with E-state index >= 15 is 0 Å². The smallest absolute Gasteiger partial charge is 0.417 e. The van der Waals surface area contributed by atoms with Gasteiger partial charge in [0, 0.05) is 12.7 Å². The molecule has 27 heavy (non-hydrogen) atoms. The van der Waals surface area contributed by atoms with Crippen molar-refractivity contribution in [2.24, 2.45) is 0 Å². The topological polar surface area (TPSA) is 42.4 Å². The van der Waals surface area contributed by atoms with Crippen molar-refractivity contribution in [3.63, 3.8) is 0 Å². The van der Waals surface area contributed by atoms with Crippen LogP contribution >= 0.6 is 11.8 Å². The second-order valence-electron chi connectivity index (χ2n) is 6.19. The number of likely N-dealkylation sites (tertiary alicyclic amines) is 1. The SMILES string of the molecule is COc1cccc(C2CCCN2C(=O)CSc2ccc(C(F)(F)F)cn2)c1. The van der Waals surface area contributed by atoms with Crippen molar-refractivity contribution in [3.05, 3.63) is 53.7 Å². The van der Waals surface area contributed by atoms with Crippen LogP contribution in [0.5, 0.6) is 5.75 Å². The summed E-state index contributed by atoms with van der Waals surface area (Å²) in [5, 5.41) is 0.397. The van der Waals surface area contributed by atoms with E-state index in [-0.39, 0.29) is 17.7 Å². The number of carbonyl (C=O) groups excluding carboxylic acids is 1. The van der Waals surface area contributed by atoms with E-state index in [0.717, 1.165) is 48.2 Å². The molecule has 2 aromatic rings. The Balaban J connectivity index is 1.63. The van der Waals surface area contributed by atoms with Gasteiger partial charge in [0.25, 0.3) is 0 Å². The van der Waals surface area contributed by atoms with Crippen LogP contribution in [0.15, 0.2) is 47.6 Å². The molecular weight excluding hydrogens is 377 g/mol. The summed E-state index contributed by atoms with van der Waals surface area (Å²) in [7, 11) is 1.60. The van der Waals surface area contributed by atoms with Gasteiger partial charge in [-0.15, -0.1) is 0 Å². The monoisotopic (exact) mass is 396 g/mol. The quantitative estimate of drug-likeness (QED) is 0.695. The highest BCUT2D eigenvalue weighted by Crippen LogP contribution is 2.34. The lowest BCUT2D eigenvalue weighted by atomic mass is 10.0. The molecule has 4 nitrogen and oxygen atoms in total. The Labute approximate surface area is 159 Å². The Morgan fingerprint density at radius 1 is 1.33 bits per heavy atom. The number of methoxy groups -OCH3 is 1. The zero-order valence-electron chi connectivity index (χ0n) is 14.7. The first kappa shape index (κ1) is 19.5. The maximum Gasteiger partial charge on any atom is 0.417 e. The number of aromatic nitrogens is 1. The third-order valence-corrected chi connectivity index (χ3v) is 5.39. The average molecular weight is 396 g/mol. The summed E-state index contributed by atoms with van der Waals surface area (Å²) in [6.07, 6.45) is -1.83. The van der Waals surface area contributed by atoms with E-state index < -0.39 is 11.7 Å². The minimum absolute atomic E-state index is 0.00577. The third kappa shape index (κ3) is 4.74. The van der Waals surface area contributed by atoms with Gasteiger partial charge >= 0.3 is 6.18 Å². The third-order valence-electron chi connectivity index (χ3n) is 4.46. The summed E-state index contributed by atoms with van der Waals surface area (Å²) in [5.41, 5.74) is 0.230. The van der Waals surface area contributed by atoms with E-state index in [1.807, 2.05) is 29.2 Å². The van der Waals surface area contributed by atoms with E-state index in [4.69, 9.17) is 4.74 Å². The van der Waals surface area contributed by atoms with E-state index in [0.29, 0.717) is 11.6 Å². The van der Waals surface area contributed by atoms with Gasteiger partial charge < -0.3 is 9.64 Å². The van der Waals surface area contributed by atoms with Gasteiger partial charge in [-0.25, -0.2) is 4.98 Å². The molecule has 1 aromatic heterocycles. The van der Waals surface area contributed by atoms with E-state index in [9.17, 15) is 18.0 Å². The van der Waals surface area contributed by atoms with Crippen molar-refractivity contribution < 1.29 is 22.7 Å². The molecular formula is C19H19F3N2O2S. The Hall–Kier alpha value is -2.22. The van der Waals surface area contributed by atoms with E-state index in [1.54, 1.807) is 7.11 Å². The number of carbonyl (C=O) groups is 1. The molecule has 1 saturated heterocycles. The summed E-state index contributed by atoms with van der Waals surface area (Å²) in [6.45, 7) is 0.668. The van der Waals surface area contributed by atoms with Crippen LogP contribution in [0.1, 0.15) is 30.0 Å². The van der Waals surface area contributed by atoms with E-state index in [2.05, 4.69) is 4.98 Å². The normalized spacial score (nSPS) is 17.2. The molecule has 3 rings (SSSR count). The Morgan fingerprint density at radius 3 is 2.81 bits per heavy atom. The minimum Gasteiger partial charge on any atom is -0.497 e. The van der Waals surface area contributed by atoms with Gasteiger partial charge in [0.15, 0.2) is 0 Å². The number of alkyl halides is 3. The molecule has 1 aliphatic rings. The largest absolute Gasteiger partial charge is 0.497 e. The van der Waals surface area contributed by atoms with Crippen molar-refractivity contribution in [1.29, 1.82) is 0 Å². The molecule has 0 saturated carbocycles. The first-order valence-corrected chi connectivity index (χ1v) is 9.46. The number of benzene rings is 1. The maximum atomic E-state index is 12.6. The van der Waals surface area contributed by atoms with Crippen LogP contribution in [0.2, 0.25) is 0 Å². The zero-order valence-corrected chi connectivity index (χ0v) is 15.5. The Morgan fingerprint density at radius 2 is 2.15 bits per heavy atom. The molecule has 0 bridgehead atoms. The number of amides is 1. The van der Waals surface area contributed by atoms with Crippen LogP contribution in [0.25, 0.3) is 0 Å². The predicted molar refractivity (Wildman–Crippen MR) is 96.6 cm³/mol. The first-order valence-electron chi connectivity index (χ1n) is 8.48. The number of hydrogen-bond donors (Lipinski definition) is 0. The lowest BCUT2D eigenvalue weighted by Crippen LogP contribution is -2.32. The second-order valence-corrected chi connectivity index (χ2v) is 7.19. The molecule has 1 aromatic carbocycles. The van der Waals surface area contributed by atoms with Gasteiger partial charge in [-0.3, -0.25) is 4.79 Å². The van der Waals surface area contributed by atoms with Crippen LogP contribution < -0.4 is 4.74 Å². The number of ether oxygens (including phenoxy) is 1. The molecule has 0 N–H and O–H groups in total. The van der Waals surface area contributed by atoms with Crippen molar-refractivity contribution >= 4 is 17.7 Å². The van der Waals surface area contributed by atoms with Crippen LogP contribution in [-0.2, 0) is 11.0 Å². The molecule has 1 atom stereocenters. The van der Waals surface area contributed by atoms with Gasteiger partial charge in [-0.1, -0.05) is 23.9 Å². The molecule has 1 aliphatic heterocycles. The van der Waals surface area contributed by atoms with Crippen molar-refractivity contribution in [2.45, 2.75) is 30.1 Å². The molecule has 0 radical (unpaired) electrons. The lowest BCUT2D eigenvalue weighted by molar-refractivity contribution is -0.138. The highest BCUT2D eigenvalue weighted by atomic mass is 32.2. The summed E-state index contributed by atoms with van der Waals surface area (Å²) >= 11 is 1.15. The van der Waals surface area contributed by atoms with Gasteiger partial charge in [0.2, 0.25) is 5.91 Å². The Kier molecular flexibility index (Phi) is 5.94. The average Bonchev–Trinajstić information content (AvgIpc) is 3.16. The number of halogens is 3. The van der Waals surface area contributed by atoms with Crippen molar-refractivity contribution in [2.75, 3.05) is 19.4 Å². The highest BCUT2D eigenvalue weighted by Gasteiger charge is 2.31. The second kappa shape index (κ2) is 8.21. The summed E-state index contributed by atoms with van der Waals surface area (Å²) in [6, 6.07) is 9.93. The maximum absolute atomic E-state index is 12.6. The van der Waals surface area contributed by atoms with Crippen LogP contribution in [0, 0.1) is 0 Å². The van der Waals surface area contributed by atoms with Crippen molar-refractivity contribution in [3.8, 4) is 5.75 Å². The molecule has 0 aliphatic carbocycles. The predicted octanol–water partition coefficient (Wildman–Crippen LogP) is 4.56. The fourth-order valence-electron chi connectivity index (χ4n) is 3.11. The molecule has 1 unspecified atom stereocenters. The standard InChI is InChI=1S/C19H19F3N2O2S/c1-26-15-5-2-4-13(10-15)16-6-3-9-24(16)18(25)12-27-17-8-7-14(11-23-17)19(20,21)22/h2,4-5,7-8,10-11,16H,3,6,9,12H2,1H3. The minimum atomic E-state index is -4.41. The summed E-state index contributed by atoms with van der Waals surface area (Å²) in [5.74, 6) is 0.834. The summed E-state index contributed by atoms with van der Waals surface area (Å²) in [4.78, 5) is 18.3. The number of rotatable bonds is 5. The van der Waals surface area contributed by atoms with Gasteiger partial charge in [0.1, 0.15) is 5.75 Å². The number of thioether (sulfide) groups is 1. The van der Waals surface area contributed by atoms with Gasteiger partial charge in [-0.05, 0) is 42.7 Å². The van der Waals surface area contributed by atoms with Gasteiger partial charge in [0.05, 0.1) is 29.5 Å². The number of pyridine rings is 1. The molecule has 8 heteroatoms. The molecule has 1 amide bonds. The van der Waals surface area contributed by atoms with E-state index in [1.165, 1.54) is 6.07 Å². The molecule has 1 fully saturated rings. The lowest BCUT2D eigenvalue weighted by Gasteiger charge is -2.25. The van der Waals surface area contributed by atoms with Crippen LogP contribution in [0.4, 0.5) is 13.2 Å². The Bertz CT molecular complexity index is 796. The van der Waals surface area contributed by atoms with Crippen LogP contribution in [-0.4, -0.2) is 35.2 Å². The fourth-order valence-corrected chi connectivity index (χ4v) is 3.84. The number of hydrogen-bond acceptors (Lipinski definition) is 4. The van der Waals surface area contributed by atoms with Gasteiger partial charge in [-0.2, -0.15) is 13.2 Å². The molecule has 2 heterocycles. The van der Waals surface area contributed by atoms with Crippen molar-refractivity contribution in [1.82, 2.24) is 9.88 Å². The van der Waals surface area contributed by atoms with Crippen LogP contribution in [0.3, 0.4) is 0 Å². The zero-order chi connectivity index (χ0) is 19.4. The molecule has 0 spiro atoms. The first-order chi connectivity index (χ1) is 12.9. The molecule has 144 valence electrons.